The average Bonchev–Trinajstić information content (AvgIpc) is 2.92. The van der Waals surface area contributed by atoms with E-state index in [0.717, 1.165) is 37.4 Å². The zero-order chi connectivity index (χ0) is 14.2. The van der Waals surface area contributed by atoms with Gasteiger partial charge in [0.25, 0.3) is 0 Å². The average molecular weight is 275 g/mol. The lowest BCUT2D eigenvalue weighted by molar-refractivity contribution is 0.289. The number of aryl methyl sites for hydroxylation is 1. The van der Waals surface area contributed by atoms with Crippen LogP contribution >= 0.6 is 0 Å². The Kier molecular flexibility index (Phi) is 5.49. The third-order valence-electron chi connectivity index (χ3n) is 3.08. The first-order valence-corrected chi connectivity index (χ1v) is 7.01. The highest BCUT2D eigenvalue weighted by Gasteiger charge is 2.12. The van der Waals surface area contributed by atoms with E-state index in [9.17, 15) is 0 Å². The van der Waals surface area contributed by atoms with E-state index >= 15 is 0 Å². The molecule has 0 spiro atoms. The molecule has 0 bridgehead atoms. The van der Waals surface area contributed by atoms with Crippen molar-refractivity contribution in [1.29, 1.82) is 0 Å². The fourth-order valence-corrected chi connectivity index (χ4v) is 2.09. The molecule has 2 aromatic rings. The number of hydrogen-bond donors (Lipinski definition) is 1. The zero-order valence-electron chi connectivity index (χ0n) is 11.8. The third-order valence-corrected chi connectivity index (χ3v) is 3.08. The number of aliphatic hydroxyl groups excluding tert-OH is 1. The van der Waals surface area contributed by atoms with Crippen molar-refractivity contribution in [2.45, 2.75) is 32.9 Å². The minimum Gasteiger partial charge on any atom is -0.396 e. The molecule has 1 heterocycles. The van der Waals surface area contributed by atoms with Crippen molar-refractivity contribution < 1.29 is 5.11 Å². The van der Waals surface area contributed by atoms with Crippen LogP contribution in [0.1, 0.15) is 25.6 Å². The highest BCUT2D eigenvalue weighted by molar-refractivity contribution is 5.45. The maximum atomic E-state index is 9.05. The molecule has 6 heteroatoms. The smallest absolute Gasteiger partial charge is 0.170 e. The van der Waals surface area contributed by atoms with Gasteiger partial charge in [0.05, 0.1) is 6.54 Å². The van der Waals surface area contributed by atoms with Gasteiger partial charge in [0.1, 0.15) is 0 Å². The number of para-hydroxylation sites is 1. The van der Waals surface area contributed by atoms with Crippen molar-refractivity contribution in [2.75, 3.05) is 18.1 Å². The second kappa shape index (κ2) is 7.59. The Hall–Kier alpha value is -1.95. The molecule has 0 saturated carbocycles. The number of rotatable bonds is 8. The van der Waals surface area contributed by atoms with Crippen LogP contribution in [-0.4, -0.2) is 38.5 Å². The van der Waals surface area contributed by atoms with Gasteiger partial charge in [0.15, 0.2) is 5.82 Å². The summed E-state index contributed by atoms with van der Waals surface area (Å²) in [7, 11) is 0. The van der Waals surface area contributed by atoms with Crippen LogP contribution in [0.5, 0.6) is 0 Å². The molecule has 0 amide bonds. The highest BCUT2D eigenvalue weighted by atomic mass is 16.3. The Morgan fingerprint density at radius 2 is 2.05 bits per heavy atom. The first kappa shape index (κ1) is 14.5. The summed E-state index contributed by atoms with van der Waals surface area (Å²) in [5.74, 6) is 0.855. The molecular weight excluding hydrogens is 254 g/mol. The summed E-state index contributed by atoms with van der Waals surface area (Å²) in [6.07, 6.45) is 1.73. The van der Waals surface area contributed by atoms with Gasteiger partial charge in [-0.15, -0.1) is 5.10 Å². The van der Waals surface area contributed by atoms with Crippen LogP contribution < -0.4 is 4.90 Å². The molecule has 0 fully saturated rings. The van der Waals surface area contributed by atoms with E-state index in [0.29, 0.717) is 6.54 Å². The number of aromatic nitrogens is 4. The summed E-state index contributed by atoms with van der Waals surface area (Å²) in [6.45, 7) is 4.54. The van der Waals surface area contributed by atoms with Crippen LogP contribution in [0, 0.1) is 0 Å². The van der Waals surface area contributed by atoms with Crippen LogP contribution in [0.4, 0.5) is 5.69 Å². The molecule has 0 aliphatic carbocycles. The minimum atomic E-state index is 0.184. The van der Waals surface area contributed by atoms with Gasteiger partial charge >= 0.3 is 0 Å². The molecule has 0 saturated heterocycles. The van der Waals surface area contributed by atoms with Gasteiger partial charge in [-0.25, -0.2) is 4.68 Å². The van der Waals surface area contributed by atoms with E-state index < -0.39 is 0 Å². The largest absolute Gasteiger partial charge is 0.396 e. The van der Waals surface area contributed by atoms with Crippen LogP contribution in [-0.2, 0) is 13.1 Å². The van der Waals surface area contributed by atoms with E-state index in [1.54, 1.807) is 0 Å². The van der Waals surface area contributed by atoms with Gasteiger partial charge in [-0.1, -0.05) is 25.1 Å². The van der Waals surface area contributed by atoms with Gasteiger partial charge in [-0.3, -0.25) is 0 Å². The molecule has 6 nitrogen and oxygen atoms in total. The van der Waals surface area contributed by atoms with Gasteiger partial charge in [-0.05, 0) is 35.4 Å². The lowest BCUT2D eigenvalue weighted by Crippen LogP contribution is -2.26. The Bertz CT molecular complexity index is 499. The summed E-state index contributed by atoms with van der Waals surface area (Å²) in [4.78, 5) is 2.19. The van der Waals surface area contributed by atoms with Crippen molar-refractivity contribution in [3.8, 4) is 0 Å². The van der Waals surface area contributed by atoms with Crippen molar-refractivity contribution in [2.24, 2.45) is 0 Å². The summed E-state index contributed by atoms with van der Waals surface area (Å²) >= 11 is 0. The number of tetrazole rings is 1. The van der Waals surface area contributed by atoms with Gasteiger partial charge in [0.2, 0.25) is 0 Å². The normalized spacial score (nSPS) is 10.7. The number of anilines is 1. The summed E-state index contributed by atoms with van der Waals surface area (Å²) in [5, 5.41) is 20.9. The van der Waals surface area contributed by atoms with E-state index in [4.69, 9.17) is 5.11 Å². The van der Waals surface area contributed by atoms with Crippen molar-refractivity contribution in [3.05, 3.63) is 36.2 Å². The Morgan fingerprint density at radius 3 is 2.75 bits per heavy atom. The first-order valence-electron chi connectivity index (χ1n) is 7.01. The quantitative estimate of drug-likeness (QED) is 0.790. The molecule has 0 radical (unpaired) electrons. The molecule has 0 unspecified atom stereocenters. The first-order chi connectivity index (χ1) is 9.85. The Balaban J connectivity index is 2.13. The van der Waals surface area contributed by atoms with Crippen LogP contribution in [0.3, 0.4) is 0 Å². The SMILES string of the molecule is CCCn1nnnc1CN(CCCO)c1ccccc1. The van der Waals surface area contributed by atoms with Gasteiger partial charge < -0.3 is 10.0 Å². The standard InChI is InChI=1S/C14H21N5O/c1-2-9-19-14(15-16-17-19)12-18(10-6-11-20)13-7-4-3-5-8-13/h3-5,7-8,20H,2,6,9-12H2,1H3. The zero-order valence-corrected chi connectivity index (χ0v) is 11.8. The molecule has 108 valence electrons. The molecule has 0 atom stereocenters. The van der Waals surface area contributed by atoms with Crippen LogP contribution in [0.15, 0.2) is 30.3 Å². The number of aliphatic hydroxyl groups is 1. The lowest BCUT2D eigenvalue weighted by atomic mass is 10.2. The summed E-state index contributed by atoms with van der Waals surface area (Å²) in [5.41, 5.74) is 1.12. The molecule has 0 aliphatic rings. The number of benzene rings is 1. The highest BCUT2D eigenvalue weighted by Crippen LogP contribution is 2.16. The van der Waals surface area contributed by atoms with Crippen molar-refractivity contribution >= 4 is 5.69 Å². The van der Waals surface area contributed by atoms with Gasteiger partial charge in [0, 0.05) is 25.4 Å². The fourth-order valence-electron chi connectivity index (χ4n) is 2.09. The van der Waals surface area contributed by atoms with Crippen LogP contribution in [0.25, 0.3) is 0 Å². The maximum absolute atomic E-state index is 9.05. The summed E-state index contributed by atoms with van der Waals surface area (Å²) < 4.78 is 1.84. The number of nitrogens with zero attached hydrogens (tertiary/aromatic N) is 5. The topological polar surface area (TPSA) is 67.1 Å². The number of hydrogen-bond acceptors (Lipinski definition) is 5. The van der Waals surface area contributed by atoms with E-state index in [1.165, 1.54) is 0 Å². The summed E-state index contributed by atoms with van der Waals surface area (Å²) in [6, 6.07) is 10.1. The molecule has 2 rings (SSSR count). The van der Waals surface area contributed by atoms with Crippen molar-refractivity contribution in [1.82, 2.24) is 20.2 Å². The molecule has 1 N–H and O–H groups in total. The molecule has 0 aliphatic heterocycles. The van der Waals surface area contributed by atoms with Gasteiger partial charge in [-0.2, -0.15) is 0 Å². The van der Waals surface area contributed by atoms with Crippen LogP contribution in [0.2, 0.25) is 0 Å². The minimum absolute atomic E-state index is 0.184. The molecule has 1 aromatic heterocycles. The predicted molar refractivity (Wildman–Crippen MR) is 77.3 cm³/mol. The van der Waals surface area contributed by atoms with E-state index in [-0.39, 0.29) is 6.61 Å². The van der Waals surface area contributed by atoms with E-state index in [1.807, 2.05) is 22.9 Å². The fraction of sp³-hybridized carbons (Fsp3) is 0.500. The molecule has 20 heavy (non-hydrogen) atoms. The van der Waals surface area contributed by atoms with E-state index in [2.05, 4.69) is 39.5 Å². The second-order valence-corrected chi connectivity index (χ2v) is 4.65. The second-order valence-electron chi connectivity index (χ2n) is 4.65. The maximum Gasteiger partial charge on any atom is 0.170 e. The lowest BCUT2D eigenvalue weighted by Gasteiger charge is -2.23. The monoisotopic (exact) mass is 275 g/mol. The van der Waals surface area contributed by atoms with Crippen molar-refractivity contribution in [3.63, 3.8) is 0 Å². The predicted octanol–water partition coefficient (Wildman–Crippen LogP) is 1.47. The third kappa shape index (κ3) is 3.77. The Labute approximate surface area is 119 Å². The Morgan fingerprint density at radius 1 is 1.25 bits per heavy atom. The molecular formula is C14H21N5O. The molecule has 1 aromatic carbocycles.